The first kappa shape index (κ1) is 15.3. The minimum atomic E-state index is -4.28. The lowest BCUT2D eigenvalue weighted by molar-refractivity contribution is -0.175. The third-order valence-corrected chi connectivity index (χ3v) is 3.74. The van der Waals surface area contributed by atoms with Crippen LogP contribution in [0, 0.1) is 5.92 Å². The Labute approximate surface area is 116 Å². The third kappa shape index (κ3) is 4.21. The fourth-order valence-electron chi connectivity index (χ4n) is 2.74. The molecule has 0 aromatic heterocycles. The van der Waals surface area contributed by atoms with Crippen LogP contribution in [0.5, 0.6) is 0 Å². The molecule has 0 saturated carbocycles. The summed E-state index contributed by atoms with van der Waals surface area (Å²) < 4.78 is 40.6. The van der Waals surface area contributed by atoms with Crippen molar-refractivity contribution in [2.75, 3.05) is 13.2 Å². The molecule has 1 aliphatic carbocycles. The number of hydrogen-bond acceptors (Lipinski definition) is 2. The van der Waals surface area contributed by atoms with E-state index < -0.39 is 18.9 Å². The number of ether oxygens (including phenoxy) is 1. The van der Waals surface area contributed by atoms with Crippen LogP contribution in [0.1, 0.15) is 36.5 Å². The number of rotatable bonds is 4. The Bertz CT molecular complexity index is 431. The van der Waals surface area contributed by atoms with Gasteiger partial charge in [0.25, 0.3) is 0 Å². The lowest BCUT2D eigenvalue weighted by Crippen LogP contribution is -2.20. The summed E-state index contributed by atoms with van der Waals surface area (Å²) in [5.41, 5.74) is 2.05. The molecule has 0 fully saturated rings. The molecule has 2 rings (SSSR count). The summed E-state index contributed by atoms with van der Waals surface area (Å²) in [7, 11) is 0. The summed E-state index contributed by atoms with van der Waals surface area (Å²) in [5.74, 6) is -0.0353. The van der Waals surface area contributed by atoms with E-state index in [0.717, 1.165) is 30.4 Å². The first-order valence-electron chi connectivity index (χ1n) is 6.88. The van der Waals surface area contributed by atoms with Crippen molar-refractivity contribution < 1.29 is 23.0 Å². The van der Waals surface area contributed by atoms with E-state index in [1.165, 1.54) is 0 Å². The SMILES string of the molecule is OC1c2ccccc2CCCC1CCOCC(F)(F)F. The smallest absolute Gasteiger partial charge is 0.388 e. The topological polar surface area (TPSA) is 29.5 Å². The molecule has 112 valence electrons. The maximum absolute atomic E-state index is 12.0. The minimum Gasteiger partial charge on any atom is -0.388 e. The summed E-state index contributed by atoms with van der Waals surface area (Å²) in [6, 6.07) is 7.72. The number of aryl methyl sites for hydroxylation is 1. The van der Waals surface area contributed by atoms with Crippen LogP contribution in [0.25, 0.3) is 0 Å². The minimum absolute atomic E-state index is 0.0312. The molecule has 2 atom stereocenters. The third-order valence-electron chi connectivity index (χ3n) is 3.74. The molecule has 2 nitrogen and oxygen atoms in total. The molecule has 0 amide bonds. The standard InChI is InChI=1S/C15H19F3O2/c16-15(17,18)10-20-9-8-12-6-3-5-11-4-1-2-7-13(11)14(12)19/h1-2,4,7,12,14,19H,3,5-6,8-10H2. The molecular weight excluding hydrogens is 269 g/mol. The number of halogens is 3. The van der Waals surface area contributed by atoms with Crippen molar-refractivity contribution in [3.8, 4) is 0 Å². The van der Waals surface area contributed by atoms with Crippen LogP contribution >= 0.6 is 0 Å². The highest BCUT2D eigenvalue weighted by atomic mass is 19.4. The predicted octanol–water partition coefficient (Wildman–Crippen LogP) is 3.64. The van der Waals surface area contributed by atoms with Crippen molar-refractivity contribution in [1.29, 1.82) is 0 Å². The summed E-state index contributed by atoms with van der Waals surface area (Å²) >= 11 is 0. The fraction of sp³-hybridized carbons (Fsp3) is 0.600. The highest BCUT2D eigenvalue weighted by Crippen LogP contribution is 2.35. The van der Waals surface area contributed by atoms with E-state index in [1.54, 1.807) is 0 Å². The second kappa shape index (κ2) is 6.59. The zero-order valence-electron chi connectivity index (χ0n) is 11.2. The molecule has 0 spiro atoms. The molecule has 1 aliphatic rings. The van der Waals surface area contributed by atoms with Crippen LogP contribution in [0.2, 0.25) is 0 Å². The van der Waals surface area contributed by atoms with E-state index in [0.29, 0.717) is 6.42 Å². The zero-order chi connectivity index (χ0) is 14.6. The number of fused-ring (bicyclic) bond motifs is 1. The Balaban J connectivity index is 1.90. The monoisotopic (exact) mass is 288 g/mol. The van der Waals surface area contributed by atoms with Gasteiger partial charge in [0.15, 0.2) is 0 Å². The molecule has 5 heteroatoms. The van der Waals surface area contributed by atoms with Gasteiger partial charge >= 0.3 is 6.18 Å². The summed E-state index contributed by atoms with van der Waals surface area (Å²) in [5, 5.41) is 10.4. The fourth-order valence-corrected chi connectivity index (χ4v) is 2.74. The molecule has 1 aromatic carbocycles. The normalized spacial score (nSPS) is 23.2. The molecule has 20 heavy (non-hydrogen) atoms. The van der Waals surface area contributed by atoms with E-state index in [-0.39, 0.29) is 12.5 Å². The second-order valence-electron chi connectivity index (χ2n) is 5.25. The molecule has 1 N–H and O–H groups in total. The van der Waals surface area contributed by atoms with Crippen LogP contribution in [-0.2, 0) is 11.2 Å². The average molecular weight is 288 g/mol. The van der Waals surface area contributed by atoms with Crippen LogP contribution in [0.3, 0.4) is 0 Å². The Morgan fingerprint density at radius 2 is 2.00 bits per heavy atom. The van der Waals surface area contributed by atoms with Crippen LogP contribution < -0.4 is 0 Å². The van der Waals surface area contributed by atoms with Gasteiger partial charge in [-0.05, 0) is 42.7 Å². The number of benzene rings is 1. The van der Waals surface area contributed by atoms with Crippen molar-refractivity contribution >= 4 is 0 Å². The number of alkyl halides is 3. The van der Waals surface area contributed by atoms with E-state index in [9.17, 15) is 18.3 Å². The van der Waals surface area contributed by atoms with Crippen LogP contribution in [0.4, 0.5) is 13.2 Å². The van der Waals surface area contributed by atoms with Gasteiger partial charge in [0.05, 0.1) is 6.10 Å². The van der Waals surface area contributed by atoms with Gasteiger partial charge in [0.1, 0.15) is 6.61 Å². The maximum atomic E-state index is 12.0. The average Bonchev–Trinajstić information content (AvgIpc) is 2.54. The van der Waals surface area contributed by atoms with Gasteiger partial charge in [-0.1, -0.05) is 24.3 Å². The van der Waals surface area contributed by atoms with Crippen LogP contribution in [0.15, 0.2) is 24.3 Å². The Morgan fingerprint density at radius 1 is 1.25 bits per heavy atom. The maximum Gasteiger partial charge on any atom is 0.411 e. The first-order chi connectivity index (χ1) is 9.47. The molecule has 1 aromatic rings. The summed E-state index contributed by atoms with van der Waals surface area (Å²) in [6.07, 6.45) is -1.78. The molecule has 0 heterocycles. The quantitative estimate of drug-likeness (QED) is 0.677. The molecule has 0 aliphatic heterocycles. The van der Waals surface area contributed by atoms with Crippen molar-refractivity contribution in [1.82, 2.24) is 0 Å². The molecule has 0 bridgehead atoms. The van der Waals surface area contributed by atoms with Gasteiger partial charge in [0.2, 0.25) is 0 Å². The summed E-state index contributed by atoms with van der Waals surface area (Å²) in [6.45, 7) is -1.18. The number of aliphatic hydroxyl groups is 1. The largest absolute Gasteiger partial charge is 0.411 e. The Morgan fingerprint density at radius 3 is 2.75 bits per heavy atom. The van der Waals surface area contributed by atoms with Crippen molar-refractivity contribution in [3.05, 3.63) is 35.4 Å². The van der Waals surface area contributed by atoms with Gasteiger partial charge in [-0.2, -0.15) is 13.2 Å². The van der Waals surface area contributed by atoms with Gasteiger partial charge in [0, 0.05) is 6.61 Å². The molecular formula is C15H19F3O2. The first-order valence-corrected chi connectivity index (χ1v) is 6.88. The summed E-state index contributed by atoms with van der Waals surface area (Å²) in [4.78, 5) is 0. The highest BCUT2D eigenvalue weighted by Gasteiger charge is 2.29. The van der Waals surface area contributed by atoms with Crippen molar-refractivity contribution in [3.63, 3.8) is 0 Å². The second-order valence-corrected chi connectivity index (χ2v) is 5.25. The number of aliphatic hydroxyl groups excluding tert-OH is 1. The van der Waals surface area contributed by atoms with Gasteiger partial charge in [-0.15, -0.1) is 0 Å². The van der Waals surface area contributed by atoms with Gasteiger partial charge in [-0.3, -0.25) is 0 Å². The Kier molecular flexibility index (Phi) is 5.05. The van der Waals surface area contributed by atoms with Gasteiger partial charge in [-0.25, -0.2) is 0 Å². The van der Waals surface area contributed by atoms with Gasteiger partial charge < -0.3 is 9.84 Å². The van der Waals surface area contributed by atoms with Crippen molar-refractivity contribution in [2.24, 2.45) is 5.92 Å². The number of hydrogen-bond donors (Lipinski definition) is 1. The van der Waals surface area contributed by atoms with Crippen LogP contribution in [-0.4, -0.2) is 24.5 Å². The highest BCUT2D eigenvalue weighted by molar-refractivity contribution is 5.30. The van der Waals surface area contributed by atoms with E-state index in [1.807, 2.05) is 24.3 Å². The van der Waals surface area contributed by atoms with E-state index in [4.69, 9.17) is 0 Å². The molecule has 0 radical (unpaired) electrons. The van der Waals surface area contributed by atoms with E-state index in [2.05, 4.69) is 4.74 Å². The van der Waals surface area contributed by atoms with Crippen molar-refractivity contribution in [2.45, 2.75) is 38.0 Å². The zero-order valence-corrected chi connectivity index (χ0v) is 11.2. The van der Waals surface area contributed by atoms with E-state index >= 15 is 0 Å². The lowest BCUT2D eigenvalue weighted by Gasteiger charge is -2.22. The predicted molar refractivity (Wildman–Crippen MR) is 69.3 cm³/mol. The lowest BCUT2D eigenvalue weighted by atomic mass is 9.91. The molecule has 0 saturated heterocycles. The Hall–Kier alpha value is -1.07. The molecule has 2 unspecified atom stereocenters.